The summed E-state index contributed by atoms with van der Waals surface area (Å²) in [6.07, 6.45) is 4.18. The van der Waals surface area contributed by atoms with Crippen LogP contribution in [0.1, 0.15) is 24.1 Å². The van der Waals surface area contributed by atoms with E-state index in [-0.39, 0.29) is 18.2 Å². The summed E-state index contributed by atoms with van der Waals surface area (Å²) in [6, 6.07) is 24.3. The molecule has 0 bridgehead atoms. The van der Waals surface area contributed by atoms with Gasteiger partial charge in [-0.1, -0.05) is 60.7 Å². The van der Waals surface area contributed by atoms with Gasteiger partial charge in [-0.25, -0.2) is 0 Å². The van der Waals surface area contributed by atoms with Crippen LogP contribution in [0.25, 0.3) is 11.1 Å². The van der Waals surface area contributed by atoms with Gasteiger partial charge in [-0.15, -0.1) is 0 Å². The number of carbonyl (C=O) groups is 2. The molecule has 2 amide bonds. The number of benzene rings is 2. The van der Waals surface area contributed by atoms with E-state index in [4.69, 9.17) is 0 Å². The molecule has 5 nitrogen and oxygen atoms in total. The molecule has 0 unspecified atom stereocenters. The second-order valence-corrected chi connectivity index (χ2v) is 9.14. The number of amides is 2. The number of likely N-dealkylation sites (tertiary alicyclic amines) is 1. The molecule has 3 aromatic rings. The molecular weight excluding hydrogens is 410 g/mol. The fraction of sp³-hybridized carbons (Fsp3) is 0.321. The molecule has 1 aliphatic rings. The van der Waals surface area contributed by atoms with Gasteiger partial charge >= 0.3 is 0 Å². The molecule has 4 rings (SSSR count). The van der Waals surface area contributed by atoms with Crippen LogP contribution < -0.4 is 0 Å². The van der Waals surface area contributed by atoms with Gasteiger partial charge in [0.15, 0.2) is 0 Å². The third-order valence-electron chi connectivity index (χ3n) is 6.45. The van der Waals surface area contributed by atoms with Crippen molar-refractivity contribution in [3.05, 3.63) is 90.3 Å². The highest BCUT2D eigenvalue weighted by molar-refractivity contribution is 5.85. The fourth-order valence-electron chi connectivity index (χ4n) is 4.82. The van der Waals surface area contributed by atoms with Gasteiger partial charge in [0.05, 0.1) is 11.8 Å². The van der Waals surface area contributed by atoms with E-state index in [0.29, 0.717) is 19.5 Å². The third kappa shape index (κ3) is 5.30. The van der Waals surface area contributed by atoms with Crippen LogP contribution in [0.3, 0.4) is 0 Å². The lowest BCUT2D eigenvalue weighted by Gasteiger charge is -2.43. The van der Waals surface area contributed by atoms with Crippen molar-refractivity contribution in [1.29, 1.82) is 0 Å². The minimum Gasteiger partial charge on any atom is -0.348 e. The highest BCUT2D eigenvalue weighted by Gasteiger charge is 2.44. The van der Waals surface area contributed by atoms with Crippen molar-refractivity contribution in [3.63, 3.8) is 0 Å². The Balaban J connectivity index is 1.54. The van der Waals surface area contributed by atoms with Crippen LogP contribution in [0.2, 0.25) is 0 Å². The summed E-state index contributed by atoms with van der Waals surface area (Å²) in [6.45, 7) is 1.12. The highest BCUT2D eigenvalue weighted by atomic mass is 16.2. The zero-order valence-electron chi connectivity index (χ0n) is 19.4. The Hall–Kier alpha value is -3.47. The second-order valence-electron chi connectivity index (χ2n) is 9.14. The lowest BCUT2D eigenvalue weighted by Crippen LogP contribution is -2.54. The van der Waals surface area contributed by atoms with E-state index < -0.39 is 5.41 Å². The van der Waals surface area contributed by atoms with Crippen molar-refractivity contribution >= 4 is 11.8 Å². The molecule has 0 spiro atoms. The molecular formula is C28H31N3O2. The second kappa shape index (κ2) is 9.99. The molecule has 1 aliphatic heterocycles. The van der Waals surface area contributed by atoms with Crippen molar-refractivity contribution in [1.82, 2.24) is 14.8 Å². The first-order valence-corrected chi connectivity index (χ1v) is 11.5. The number of carbonyl (C=O) groups excluding carboxylic acids is 2. The standard InChI is InChI=1S/C28H31N3O2/c1-30(2)27(33)28(20-22-12-14-24(15-13-22)23-9-4-3-5-10-23)16-8-18-31(21-28)26(32)19-25-11-6-7-17-29-25/h3-7,9-15,17H,8,16,18-21H2,1-2H3/t28-/m1/s1. The average molecular weight is 442 g/mol. The zero-order valence-corrected chi connectivity index (χ0v) is 19.4. The maximum absolute atomic E-state index is 13.4. The predicted molar refractivity (Wildman–Crippen MR) is 130 cm³/mol. The predicted octanol–water partition coefficient (Wildman–Crippen LogP) is 4.23. The summed E-state index contributed by atoms with van der Waals surface area (Å²) in [7, 11) is 3.61. The van der Waals surface area contributed by atoms with Crippen LogP contribution in [-0.4, -0.2) is 53.8 Å². The fourth-order valence-corrected chi connectivity index (χ4v) is 4.82. The molecule has 0 saturated carbocycles. The van der Waals surface area contributed by atoms with Gasteiger partial charge in [-0.05, 0) is 48.1 Å². The molecule has 1 saturated heterocycles. The van der Waals surface area contributed by atoms with Crippen LogP contribution in [0.5, 0.6) is 0 Å². The van der Waals surface area contributed by atoms with E-state index in [9.17, 15) is 9.59 Å². The third-order valence-corrected chi connectivity index (χ3v) is 6.45. The summed E-state index contributed by atoms with van der Waals surface area (Å²) in [5, 5.41) is 0. The normalized spacial score (nSPS) is 18.1. The van der Waals surface area contributed by atoms with E-state index in [1.807, 2.05) is 41.3 Å². The number of hydrogen-bond acceptors (Lipinski definition) is 3. The topological polar surface area (TPSA) is 53.5 Å². The van der Waals surface area contributed by atoms with Crippen molar-refractivity contribution in [3.8, 4) is 11.1 Å². The van der Waals surface area contributed by atoms with Gasteiger partial charge in [0, 0.05) is 39.1 Å². The Bertz CT molecular complexity index is 1080. The smallest absolute Gasteiger partial charge is 0.230 e. The summed E-state index contributed by atoms with van der Waals surface area (Å²) in [4.78, 5) is 34.3. The number of piperidine rings is 1. The Kier molecular flexibility index (Phi) is 6.87. The van der Waals surface area contributed by atoms with E-state index >= 15 is 0 Å². The Labute approximate surface area is 196 Å². The van der Waals surface area contributed by atoms with Gasteiger partial charge in [-0.3, -0.25) is 14.6 Å². The number of pyridine rings is 1. The first-order valence-electron chi connectivity index (χ1n) is 11.5. The maximum atomic E-state index is 13.4. The summed E-state index contributed by atoms with van der Waals surface area (Å²) in [5.41, 5.74) is 3.59. The molecule has 1 atom stereocenters. The Morgan fingerprint density at radius 3 is 2.30 bits per heavy atom. The van der Waals surface area contributed by atoms with Crippen LogP contribution in [0.15, 0.2) is 79.0 Å². The largest absolute Gasteiger partial charge is 0.348 e. The number of aromatic nitrogens is 1. The molecule has 2 heterocycles. The maximum Gasteiger partial charge on any atom is 0.230 e. The minimum atomic E-state index is -0.615. The molecule has 170 valence electrons. The highest BCUT2D eigenvalue weighted by Crippen LogP contribution is 2.36. The van der Waals surface area contributed by atoms with Gasteiger partial charge < -0.3 is 9.80 Å². The number of rotatable bonds is 6. The van der Waals surface area contributed by atoms with Gasteiger partial charge in [0.25, 0.3) is 0 Å². The van der Waals surface area contributed by atoms with Gasteiger partial charge in [0.1, 0.15) is 0 Å². The van der Waals surface area contributed by atoms with Crippen molar-refractivity contribution < 1.29 is 9.59 Å². The van der Waals surface area contributed by atoms with E-state index in [1.54, 1.807) is 25.2 Å². The molecule has 5 heteroatoms. The number of nitrogens with zero attached hydrogens (tertiary/aromatic N) is 3. The molecule has 0 N–H and O–H groups in total. The monoisotopic (exact) mass is 441 g/mol. The molecule has 0 radical (unpaired) electrons. The van der Waals surface area contributed by atoms with Crippen LogP contribution in [0.4, 0.5) is 0 Å². The van der Waals surface area contributed by atoms with Crippen LogP contribution >= 0.6 is 0 Å². The van der Waals surface area contributed by atoms with Crippen molar-refractivity contribution in [2.45, 2.75) is 25.7 Å². The summed E-state index contributed by atoms with van der Waals surface area (Å²) < 4.78 is 0. The van der Waals surface area contributed by atoms with Gasteiger partial charge in [-0.2, -0.15) is 0 Å². The van der Waals surface area contributed by atoms with Gasteiger partial charge in [0.2, 0.25) is 11.8 Å². The van der Waals surface area contributed by atoms with Crippen LogP contribution in [-0.2, 0) is 22.4 Å². The first kappa shape index (κ1) is 22.7. The molecule has 2 aromatic carbocycles. The van der Waals surface area contributed by atoms with Crippen molar-refractivity contribution in [2.75, 3.05) is 27.2 Å². The van der Waals surface area contributed by atoms with Crippen molar-refractivity contribution in [2.24, 2.45) is 5.41 Å². The molecule has 33 heavy (non-hydrogen) atoms. The minimum absolute atomic E-state index is 0.0313. The SMILES string of the molecule is CN(C)C(=O)[C@@]1(Cc2ccc(-c3ccccc3)cc2)CCCN(C(=O)Cc2ccccn2)C1. The number of hydrogen-bond donors (Lipinski definition) is 0. The first-order chi connectivity index (χ1) is 16.0. The van der Waals surface area contributed by atoms with Crippen LogP contribution in [0, 0.1) is 5.41 Å². The lowest BCUT2D eigenvalue weighted by atomic mass is 9.73. The van der Waals surface area contributed by atoms with E-state index in [2.05, 4.69) is 41.4 Å². The quantitative estimate of drug-likeness (QED) is 0.575. The summed E-state index contributed by atoms with van der Waals surface area (Å²) >= 11 is 0. The molecule has 1 aromatic heterocycles. The molecule has 1 fully saturated rings. The Morgan fingerprint density at radius 1 is 0.939 bits per heavy atom. The van der Waals surface area contributed by atoms with E-state index in [0.717, 1.165) is 29.7 Å². The average Bonchev–Trinajstić information content (AvgIpc) is 2.85. The summed E-state index contributed by atoms with van der Waals surface area (Å²) in [5.74, 6) is 0.119. The zero-order chi connectivity index (χ0) is 23.3. The lowest BCUT2D eigenvalue weighted by molar-refractivity contribution is -0.147. The Morgan fingerprint density at radius 2 is 1.64 bits per heavy atom. The molecule has 0 aliphatic carbocycles. The van der Waals surface area contributed by atoms with E-state index in [1.165, 1.54) is 5.56 Å².